The maximum atomic E-state index is 13.3. The predicted molar refractivity (Wildman–Crippen MR) is 135 cm³/mol. The molecule has 7 nitrogen and oxygen atoms in total. The smallest absolute Gasteiger partial charge is 0.362 e. The lowest BCUT2D eigenvalue weighted by atomic mass is 10.1. The van der Waals surface area contributed by atoms with Gasteiger partial charge in [-0.05, 0) is 62.8 Å². The molecule has 0 aromatic heterocycles. The van der Waals surface area contributed by atoms with Crippen LogP contribution in [0.2, 0.25) is 5.02 Å². The Balaban J connectivity index is 1.74. The van der Waals surface area contributed by atoms with Crippen molar-refractivity contribution in [3.63, 3.8) is 0 Å². The molecule has 0 saturated carbocycles. The third-order valence-corrected chi connectivity index (χ3v) is 6.48. The van der Waals surface area contributed by atoms with Crippen LogP contribution in [0.3, 0.4) is 0 Å². The van der Waals surface area contributed by atoms with Crippen molar-refractivity contribution in [2.75, 3.05) is 38.1 Å². The molecule has 2 aromatic carbocycles. The number of likely N-dealkylation sites (tertiary alicyclic amines) is 1. The van der Waals surface area contributed by atoms with Gasteiger partial charge in [-0.25, -0.2) is 9.59 Å². The fourth-order valence-corrected chi connectivity index (χ4v) is 4.82. The summed E-state index contributed by atoms with van der Waals surface area (Å²) in [6, 6.07) is 12.7. The largest absolute Gasteiger partial charge is 0.462 e. The van der Waals surface area contributed by atoms with E-state index in [0.717, 1.165) is 44.3 Å². The fourth-order valence-electron chi connectivity index (χ4n) is 4.55. The zero-order valence-corrected chi connectivity index (χ0v) is 21.2. The lowest BCUT2D eigenvalue weighted by Crippen LogP contribution is -2.55. The van der Waals surface area contributed by atoms with Gasteiger partial charge in [0.05, 0.1) is 30.9 Å². The van der Waals surface area contributed by atoms with Gasteiger partial charge < -0.3 is 19.3 Å². The molecular formula is C27H34ClN2O5+. The third kappa shape index (κ3) is 7.80. The Bertz CT molecular complexity index is 1030. The zero-order chi connectivity index (χ0) is 25.3. The van der Waals surface area contributed by atoms with Crippen LogP contribution in [0.5, 0.6) is 0 Å². The van der Waals surface area contributed by atoms with E-state index in [2.05, 4.69) is 5.32 Å². The molecule has 1 saturated heterocycles. The van der Waals surface area contributed by atoms with Crippen LogP contribution in [0, 0.1) is 6.92 Å². The first-order valence-electron chi connectivity index (χ1n) is 12.1. The predicted octanol–water partition coefficient (Wildman–Crippen LogP) is 4.90. The summed E-state index contributed by atoms with van der Waals surface area (Å²) in [7, 11) is 0. The number of amides is 1. The van der Waals surface area contributed by atoms with Crippen molar-refractivity contribution in [3.8, 4) is 0 Å². The van der Waals surface area contributed by atoms with E-state index in [1.54, 1.807) is 19.9 Å². The van der Waals surface area contributed by atoms with E-state index in [4.69, 9.17) is 21.1 Å². The van der Waals surface area contributed by atoms with Gasteiger partial charge in [-0.15, -0.1) is 0 Å². The summed E-state index contributed by atoms with van der Waals surface area (Å²) >= 11 is 6.16. The Morgan fingerprint density at radius 3 is 2.31 bits per heavy atom. The Hall–Kier alpha value is -2.90. The molecule has 1 heterocycles. The highest BCUT2D eigenvalue weighted by molar-refractivity contribution is 6.31. The average molecular weight is 502 g/mol. The topological polar surface area (TPSA) is 81.7 Å². The van der Waals surface area contributed by atoms with Gasteiger partial charge in [0.25, 0.3) is 5.91 Å². The zero-order valence-electron chi connectivity index (χ0n) is 20.5. The summed E-state index contributed by atoms with van der Waals surface area (Å²) < 4.78 is 11.0. The lowest BCUT2D eigenvalue weighted by Gasteiger charge is -2.36. The fraction of sp³-hybridized carbons (Fsp3) is 0.444. The summed E-state index contributed by atoms with van der Waals surface area (Å²) in [6.45, 7) is 5.60. The van der Waals surface area contributed by atoms with Gasteiger partial charge in [0.1, 0.15) is 6.61 Å². The number of rotatable bonds is 9. The van der Waals surface area contributed by atoms with E-state index < -0.39 is 5.97 Å². The molecule has 0 spiro atoms. The molecule has 0 aliphatic carbocycles. The minimum Gasteiger partial charge on any atom is -0.462 e. The molecular weight excluding hydrogens is 468 g/mol. The summed E-state index contributed by atoms with van der Waals surface area (Å²) in [5.41, 5.74) is 2.19. The number of nitrogens with one attached hydrogen (secondary N) is 1. The number of hydrogen-bond acceptors (Lipinski definition) is 5. The monoisotopic (exact) mass is 501 g/mol. The number of benzene rings is 2. The number of ether oxygens (including phenoxy) is 2. The first-order chi connectivity index (χ1) is 16.8. The van der Waals surface area contributed by atoms with Gasteiger partial charge in [0.2, 0.25) is 0 Å². The van der Waals surface area contributed by atoms with E-state index >= 15 is 0 Å². The molecule has 8 heteroatoms. The number of nitrogens with zero attached hydrogens (tertiary/aromatic N) is 1. The Kier molecular flexibility index (Phi) is 9.69. The van der Waals surface area contributed by atoms with Gasteiger partial charge in [0.15, 0.2) is 13.1 Å². The normalized spacial score (nSPS) is 15.1. The highest BCUT2D eigenvalue weighted by Crippen LogP contribution is 2.27. The van der Waals surface area contributed by atoms with Crippen LogP contribution >= 0.6 is 11.6 Å². The quantitative estimate of drug-likeness (QED) is 0.390. The number of anilines is 1. The number of quaternary nitrogens is 1. The van der Waals surface area contributed by atoms with Crippen LogP contribution in [-0.4, -0.2) is 55.1 Å². The van der Waals surface area contributed by atoms with Crippen molar-refractivity contribution >= 4 is 35.1 Å². The van der Waals surface area contributed by atoms with E-state index in [0.29, 0.717) is 20.8 Å². The molecule has 1 amide bonds. The summed E-state index contributed by atoms with van der Waals surface area (Å²) in [5, 5.41) is 3.29. The van der Waals surface area contributed by atoms with Crippen LogP contribution < -0.4 is 5.32 Å². The molecule has 0 bridgehead atoms. The number of hydrogen-bond donors (Lipinski definition) is 1. The van der Waals surface area contributed by atoms with E-state index in [9.17, 15) is 14.4 Å². The van der Waals surface area contributed by atoms with Crippen molar-refractivity contribution in [3.05, 3.63) is 64.2 Å². The molecule has 35 heavy (non-hydrogen) atoms. The van der Waals surface area contributed by atoms with Crippen LogP contribution in [-0.2, 0) is 25.7 Å². The van der Waals surface area contributed by atoms with Gasteiger partial charge in [-0.2, -0.15) is 0 Å². The number of carbonyl (C=O) groups excluding carboxylic acids is 3. The maximum Gasteiger partial charge on any atom is 0.362 e. The van der Waals surface area contributed by atoms with Gasteiger partial charge in [0, 0.05) is 5.02 Å². The van der Waals surface area contributed by atoms with E-state index in [1.165, 1.54) is 6.07 Å². The molecule has 188 valence electrons. The molecule has 3 rings (SSSR count). The highest BCUT2D eigenvalue weighted by atomic mass is 35.5. The Morgan fingerprint density at radius 1 is 0.971 bits per heavy atom. The number of aryl methyl sites for hydroxylation is 1. The third-order valence-electron chi connectivity index (χ3n) is 6.26. The Labute approximate surface area is 211 Å². The van der Waals surface area contributed by atoms with Crippen molar-refractivity contribution in [1.82, 2.24) is 0 Å². The second-order valence-electron chi connectivity index (χ2n) is 9.08. The second kappa shape index (κ2) is 12.7. The van der Waals surface area contributed by atoms with E-state index in [1.807, 2.05) is 30.3 Å². The first kappa shape index (κ1) is 26.7. The molecule has 1 fully saturated rings. The minimum atomic E-state index is -0.545. The van der Waals surface area contributed by atoms with Crippen molar-refractivity contribution in [1.29, 1.82) is 0 Å². The second-order valence-corrected chi connectivity index (χ2v) is 9.52. The van der Waals surface area contributed by atoms with Crippen LogP contribution in [0.4, 0.5) is 5.69 Å². The van der Waals surface area contributed by atoms with Gasteiger partial charge in [-0.3, -0.25) is 4.79 Å². The maximum absolute atomic E-state index is 13.3. The molecule has 1 aliphatic rings. The molecule has 1 aliphatic heterocycles. The molecule has 1 N–H and O–H groups in total. The van der Waals surface area contributed by atoms with Crippen LogP contribution in [0.15, 0.2) is 42.5 Å². The number of carbonyl (C=O) groups is 3. The number of esters is 2. The first-order valence-corrected chi connectivity index (χ1v) is 12.5. The lowest BCUT2D eigenvalue weighted by molar-refractivity contribution is -0.913. The van der Waals surface area contributed by atoms with Crippen LogP contribution in [0.1, 0.15) is 54.1 Å². The van der Waals surface area contributed by atoms with Crippen molar-refractivity contribution in [2.24, 2.45) is 0 Å². The minimum absolute atomic E-state index is 0.116. The average Bonchev–Trinajstić information content (AvgIpc) is 3.05. The summed E-state index contributed by atoms with van der Waals surface area (Å²) in [4.78, 5) is 38.6. The molecule has 0 unspecified atom stereocenters. The molecule has 0 atom stereocenters. The molecule has 2 aromatic rings. The number of halogens is 1. The summed E-state index contributed by atoms with van der Waals surface area (Å²) in [5.74, 6) is -1.13. The standard InChI is InChI=1S/C27H33ClN2O5/c1-3-34-27(33)23-16-22(28)15-20(2)26(23)29-24(31)17-30(13-9-4-5-10-14-30)18-25(32)35-19-21-11-7-6-8-12-21/h6-8,11-12,15-16H,3-5,9-10,13-14,17-19H2,1-2H3/p+1. The Morgan fingerprint density at radius 2 is 1.66 bits per heavy atom. The van der Waals surface area contributed by atoms with Gasteiger partial charge in [-0.1, -0.05) is 41.9 Å². The highest BCUT2D eigenvalue weighted by Gasteiger charge is 2.35. The SMILES string of the molecule is CCOC(=O)c1cc(Cl)cc(C)c1NC(=O)C[N+]1(CC(=O)OCc2ccccc2)CCCCCC1. The van der Waals surface area contributed by atoms with Crippen LogP contribution in [0.25, 0.3) is 0 Å². The van der Waals surface area contributed by atoms with Crippen molar-refractivity contribution < 1.29 is 28.3 Å². The summed E-state index contributed by atoms with van der Waals surface area (Å²) in [6.07, 6.45) is 4.02. The van der Waals surface area contributed by atoms with E-state index in [-0.39, 0.29) is 43.7 Å². The van der Waals surface area contributed by atoms with Crippen molar-refractivity contribution in [2.45, 2.75) is 46.1 Å². The van der Waals surface area contributed by atoms with Gasteiger partial charge >= 0.3 is 11.9 Å². The molecule has 0 radical (unpaired) electrons.